The zero-order valence-corrected chi connectivity index (χ0v) is 21.3. The average Bonchev–Trinajstić information content (AvgIpc) is 2.80. The van der Waals surface area contributed by atoms with Gasteiger partial charge in [-0.15, -0.1) is 0 Å². The molecule has 2 aliphatic rings. The summed E-state index contributed by atoms with van der Waals surface area (Å²) in [6, 6.07) is 0. The van der Waals surface area contributed by atoms with E-state index in [0.717, 1.165) is 76.8 Å². The Kier molecular flexibility index (Phi) is 13.6. The molecule has 1 aliphatic carbocycles. The summed E-state index contributed by atoms with van der Waals surface area (Å²) in [5.74, 6) is 1.51. The van der Waals surface area contributed by atoms with Crippen LogP contribution in [-0.2, 0) is 9.47 Å². The smallest absolute Gasteiger partial charge is 0.407 e. The first-order valence-corrected chi connectivity index (χ1v) is 13.5. The van der Waals surface area contributed by atoms with Gasteiger partial charge in [0.25, 0.3) is 0 Å². The van der Waals surface area contributed by atoms with E-state index in [-0.39, 0.29) is 12.2 Å². The Morgan fingerprint density at radius 1 is 1.19 bits per heavy atom. The molecule has 2 atom stereocenters. The van der Waals surface area contributed by atoms with Crippen molar-refractivity contribution in [2.24, 2.45) is 5.92 Å². The number of allylic oxidation sites excluding steroid dienone is 5. The van der Waals surface area contributed by atoms with Crippen LogP contribution in [-0.4, -0.2) is 42.7 Å². The monoisotopic (exact) mass is 464 g/mol. The number of alkyl carbamates (subject to hydrolysis) is 1. The summed E-state index contributed by atoms with van der Waals surface area (Å²) in [6.45, 7) is 9.78. The fourth-order valence-corrected chi connectivity index (χ4v) is 4.97. The Morgan fingerprint density at radius 2 is 2.00 bits per heavy atom. The predicted octanol–water partition coefficient (Wildman–Crippen LogP) is 6.98. The molecule has 2 rings (SSSR count). The molecule has 0 saturated carbocycles. The molecule has 0 radical (unpaired) electrons. The molecule has 182 valence electrons. The van der Waals surface area contributed by atoms with Gasteiger partial charge >= 0.3 is 6.09 Å². The van der Waals surface area contributed by atoms with E-state index in [1.165, 1.54) is 17.7 Å². The number of nitrogens with one attached hydrogen (secondary N) is 1. The first-order chi connectivity index (χ1) is 15.6. The first kappa shape index (κ1) is 26.8. The molecule has 0 aromatic rings. The van der Waals surface area contributed by atoms with Crippen molar-refractivity contribution < 1.29 is 14.3 Å². The number of ether oxygens (including phenoxy) is 2. The third-order valence-corrected chi connectivity index (χ3v) is 7.18. The lowest BCUT2D eigenvalue weighted by molar-refractivity contribution is 0.0627. The third-order valence-electron chi connectivity index (χ3n) is 6.06. The van der Waals surface area contributed by atoms with Gasteiger partial charge in [-0.3, -0.25) is 0 Å². The van der Waals surface area contributed by atoms with E-state index < -0.39 is 0 Å². The molecule has 32 heavy (non-hydrogen) atoms. The van der Waals surface area contributed by atoms with Crippen LogP contribution in [0.1, 0.15) is 85.0 Å². The summed E-state index contributed by atoms with van der Waals surface area (Å²) < 4.78 is 14.1. The molecule has 0 fully saturated rings. The fraction of sp³-hybridized carbons (Fsp3) is 0.731. The number of amides is 1. The standard InChI is InChI=1S/C26H44N2O3S/c1-4-22(3)25(5-2)31-26(29)27-17-14-19-28-18-11-9-7-6-8-10-12-20-30-23-15-13-16-24(21-23)32-28/h6,8,16,21-22,25H,4-5,7,9-15,17-20H2,1-3H3,(H,27,29)/b8-6+. The van der Waals surface area contributed by atoms with Gasteiger partial charge in [0.15, 0.2) is 0 Å². The molecular weight excluding hydrogens is 420 g/mol. The largest absolute Gasteiger partial charge is 0.498 e. The number of carbonyl (C=O) groups is 1. The highest BCUT2D eigenvalue weighted by Gasteiger charge is 2.18. The SMILES string of the molecule is CCC(C)C(CC)OC(=O)NCCCN1CCCC/C=C/CCCOC2=CC(=CCC2)S1. The van der Waals surface area contributed by atoms with Crippen LogP contribution in [0.25, 0.3) is 0 Å². The summed E-state index contributed by atoms with van der Waals surface area (Å²) in [4.78, 5) is 13.5. The Balaban J connectivity index is 1.81. The molecule has 1 heterocycles. The van der Waals surface area contributed by atoms with Gasteiger partial charge in [0.1, 0.15) is 6.10 Å². The molecule has 2 unspecified atom stereocenters. The minimum atomic E-state index is -0.284. The Morgan fingerprint density at radius 3 is 2.78 bits per heavy atom. The van der Waals surface area contributed by atoms with Crippen molar-refractivity contribution in [1.82, 2.24) is 9.62 Å². The maximum atomic E-state index is 12.2. The predicted molar refractivity (Wildman–Crippen MR) is 135 cm³/mol. The summed E-state index contributed by atoms with van der Waals surface area (Å²) >= 11 is 1.83. The maximum Gasteiger partial charge on any atom is 0.407 e. The van der Waals surface area contributed by atoms with Crippen molar-refractivity contribution in [3.8, 4) is 0 Å². The van der Waals surface area contributed by atoms with Gasteiger partial charge in [0.2, 0.25) is 0 Å². The number of nitrogens with zero attached hydrogens (tertiary/aromatic N) is 1. The highest BCUT2D eigenvalue weighted by atomic mass is 32.2. The molecule has 0 aromatic carbocycles. The van der Waals surface area contributed by atoms with E-state index in [9.17, 15) is 4.79 Å². The number of hydrogen-bond donors (Lipinski definition) is 1. The van der Waals surface area contributed by atoms with Crippen LogP contribution in [0.2, 0.25) is 0 Å². The van der Waals surface area contributed by atoms with Gasteiger partial charge in [0.05, 0.1) is 12.4 Å². The lowest BCUT2D eigenvalue weighted by atomic mass is 10.00. The van der Waals surface area contributed by atoms with E-state index >= 15 is 0 Å². The van der Waals surface area contributed by atoms with Gasteiger partial charge in [-0.05, 0) is 75.3 Å². The lowest BCUT2D eigenvalue weighted by Crippen LogP contribution is -2.33. The second-order valence-corrected chi connectivity index (χ2v) is 9.92. The Hall–Kier alpha value is -1.40. The summed E-state index contributed by atoms with van der Waals surface area (Å²) in [7, 11) is 0. The number of hydrogen-bond acceptors (Lipinski definition) is 5. The van der Waals surface area contributed by atoms with Crippen molar-refractivity contribution in [3.63, 3.8) is 0 Å². The van der Waals surface area contributed by atoms with Crippen molar-refractivity contribution in [3.05, 3.63) is 35.0 Å². The van der Waals surface area contributed by atoms with Crippen LogP contribution in [0.15, 0.2) is 35.0 Å². The Labute approximate surface area is 200 Å². The summed E-state index contributed by atoms with van der Waals surface area (Å²) in [6.07, 6.45) is 19.4. The molecule has 1 N–H and O–H groups in total. The first-order valence-electron chi connectivity index (χ1n) is 12.7. The molecule has 0 aromatic heterocycles. The van der Waals surface area contributed by atoms with Gasteiger partial charge in [-0.2, -0.15) is 0 Å². The molecule has 5 nitrogen and oxygen atoms in total. The van der Waals surface area contributed by atoms with Crippen LogP contribution in [0.3, 0.4) is 0 Å². The highest BCUT2D eigenvalue weighted by Crippen LogP contribution is 2.30. The van der Waals surface area contributed by atoms with Crippen molar-refractivity contribution in [2.75, 3.05) is 26.2 Å². The van der Waals surface area contributed by atoms with Gasteiger partial charge in [0, 0.05) is 31.0 Å². The van der Waals surface area contributed by atoms with Crippen LogP contribution >= 0.6 is 11.9 Å². The van der Waals surface area contributed by atoms with E-state index in [2.05, 4.69) is 54.7 Å². The maximum absolute atomic E-state index is 12.2. The Bertz CT molecular complexity index is 633. The average molecular weight is 465 g/mol. The summed E-state index contributed by atoms with van der Waals surface area (Å²) in [5, 5.41) is 2.95. The van der Waals surface area contributed by atoms with E-state index in [0.29, 0.717) is 12.5 Å². The zero-order chi connectivity index (χ0) is 23.0. The molecule has 6 heteroatoms. The normalized spacial score (nSPS) is 21.6. The minimum absolute atomic E-state index is 0.00131. The molecule has 0 spiro atoms. The highest BCUT2D eigenvalue weighted by molar-refractivity contribution is 8.01. The van der Waals surface area contributed by atoms with Crippen LogP contribution in [0.4, 0.5) is 4.79 Å². The van der Waals surface area contributed by atoms with Gasteiger partial charge in [-0.25, -0.2) is 9.10 Å². The van der Waals surface area contributed by atoms with Crippen LogP contribution in [0, 0.1) is 5.92 Å². The van der Waals surface area contributed by atoms with E-state index in [4.69, 9.17) is 9.47 Å². The van der Waals surface area contributed by atoms with Crippen LogP contribution in [0.5, 0.6) is 0 Å². The van der Waals surface area contributed by atoms with Gasteiger partial charge in [-0.1, -0.05) is 45.4 Å². The van der Waals surface area contributed by atoms with Crippen molar-refractivity contribution in [2.45, 2.75) is 91.1 Å². The number of fused-ring (bicyclic) bond motifs is 1. The lowest BCUT2D eigenvalue weighted by Gasteiger charge is -2.24. The van der Waals surface area contributed by atoms with Gasteiger partial charge < -0.3 is 14.8 Å². The zero-order valence-electron chi connectivity index (χ0n) is 20.4. The van der Waals surface area contributed by atoms with Crippen molar-refractivity contribution in [1.29, 1.82) is 0 Å². The molecular formula is C26H44N2O3S. The fourth-order valence-electron chi connectivity index (χ4n) is 3.86. The number of carbonyl (C=O) groups excluding carboxylic acids is 1. The molecule has 1 amide bonds. The van der Waals surface area contributed by atoms with Crippen LogP contribution < -0.4 is 5.32 Å². The van der Waals surface area contributed by atoms with E-state index in [1.54, 1.807) is 0 Å². The second-order valence-electron chi connectivity index (χ2n) is 8.75. The molecule has 2 bridgehead atoms. The number of rotatable bonds is 8. The molecule has 1 aliphatic heterocycles. The summed E-state index contributed by atoms with van der Waals surface area (Å²) in [5.41, 5.74) is 0. The minimum Gasteiger partial charge on any atom is -0.498 e. The quantitative estimate of drug-likeness (QED) is 0.239. The topological polar surface area (TPSA) is 50.8 Å². The van der Waals surface area contributed by atoms with Crippen molar-refractivity contribution >= 4 is 18.0 Å². The molecule has 0 saturated heterocycles. The second kappa shape index (κ2) is 16.2. The third kappa shape index (κ3) is 11.0. The van der Waals surface area contributed by atoms with E-state index in [1.807, 2.05) is 11.9 Å².